The van der Waals surface area contributed by atoms with Gasteiger partial charge in [-0.3, -0.25) is 29.5 Å². The Morgan fingerprint density at radius 1 is 1.18 bits per heavy atom. The Hall–Kier alpha value is -4.61. The van der Waals surface area contributed by atoms with Crippen LogP contribution in [0.2, 0.25) is 0 Å². The van der Waals surface area contributed by atoms with Crippen molar-refractivity contribution in [1.82, 2.24) is 9.97 Å². The van der Waals surface area contributed by atoms with Gasteiger partial charge in [-0.25, -0.2) is 4.39 Å². The first-order valence-electron chi connectivity index (χ1n) is 9.74. The lowest BCUT2D eigenvalue weighted by atomic mass is 9.92. The number of amides is 2. The maximum absolute atomic E-state index is 13.1. The number of aryl methyl sites for hydroxylation is 1. The minimum atomic E-state index is -1.16. The van der Waals surface area contributed by atoms with Gasteiger partial charge in [0.05, 0.1) is 16.4 Å². The van der Waals surface area contributed by atoms with E-state index in [9.17, 15) is 28.9 Å². The predicted octanol–water partition coefficient (Wildman–Crippen LogP) is 2.93. The zero-order chi connectivity index (χ0) is 23.7. The largest absolute Gasteiger partial charge is 0.326 e. The number of aromatic nitrogens is 2. The van der Waals surface area contributed by atoms with Crippen LogP contribution in [0.3, 0.4) is 0 Å². The van der Waals surface area contributed by atoms with Crippen molar-refractivity contribution in [3.05, 3.63) is 79.9 Å². The summed E-state index contributed by atoms with van der Waals surface area (Å²) in [6.45, 7) is 1.56. The third kappa shape index (κ3) is 4.54. The molecule has 3 aromatic rings. The summed E-state index contributed by atoms with van der Waals surface area (Å²) in [5.74, 6) is -2.91. The Labute approximate surface area is 185 Å². The van der Waals surface area contributed by atoms with Crippen molar-refractivity contribution in [3.8, 4) is 0 Å². The summed E-state index contributed by atoms with van der Waals surface area (Å²) in [6.07, 6.45) is -0.303. The van der Waals surface area contributed by atoms with Crippen LogP contribution >= 0.6 is 0 Å². The van der Waals surface area contributed by atoms with Gasteiger partial charge in [0, 0.05) is 29.4 Å². The van der Waals surface area contributed by atoms with E-state index in [0.29, 0.717) is 11.3 Å². The number of fused-ring (bicyclic) bond motifs is 1. The molecule has 0 unspecified atom stereocenters. The summed E-state index contributed by atoms with van der Waals surface area (Å²) in [5, 5.41) is 19.0. The number of carbonyl (C=O) groups is 2. The number of nitro benzene ring substituents is 1. The molecule has 0 spiro atoms. The van der Waals surface area contributed by atoms with Gasteiger partial charge in [-0.05, 0) is 37.3 Å². The molecule has 1 atom stereocenters. The number of H-pyrrole nitrogens is 1. The van der Waals surface area contributed by atoms with Crippen molar-refractivity contribution >= 4 is 40.6 Å². The first kappa shape index (κ1) is 21.6. The molecule has 0 fully saturated rings. The molecule has 33 heavy (non-hydrogen) atoms. The van der Waals surface area contributed by atoms with Gasteiger partial charge in [0.1, 0.15) is 11.6 Å². The monoisotopic (exact) mass is 452 g/mol. The Morgan fingerprint density at radius 2 is 1.88 bits per heavy atom. The fraction of sp³-hybridized carbons (Fsp3) is 0.143. The molecular weight excluding hydrogens is 435 g/mol. The number of nitrogens with one attached hydrogen (secondary N) is 4. The van der Waals surface area contributed by atoms with Gasteiger partial charge in [-0.1, -0.05) is 6.07 Å². The van der Waals surface area contributed by atoms with E-state index in [1.807, 2.05) is 0 Å². The Morgan fingerprint density at radius 3 is 2.58 bits per heavy atom. The summed E-state index contributed by atoms with van der Waals surface area (Å²) in [5.41, 5.74) is 0.145. The molecule has 0 bridgehead atoms. The summed E-state index contributed by atoms with van der Waals surface area (Å²) in [7, 11) is 0. The molecule has 4 N–H and O–H groups in total. The second-order valence-electron chi connectivity index (χ2n) is 7.36. The van der Waals surface area contributed by atoms with E-state index in [0.717, 1.165) is 0 Å². The van der Waals surface area contributed by atoms with E-state index in [2.05, 4.69) is 25.9 Å². The zero-order valence-electron chi connectivity index (χ0n) is 17.1. The highest BCUT2D eigenvalue weighted by molar-refractivity contribution is 6.04. The Balaban J connectivity index is 1.63. The molecule has 0 aliphatic carbocycles. The van der Waals surface area contributed by atoms with Crippen LogP contribution in [0.5, 0.6) is 0 Å². The van der Waals surface area contributed by atoms with Crippen LogP contribution in [0.1, 0.15) is 23.5 Å². The van der Waals surface area contributed by atoms with Gasteiger partial charge in [-0.15, -0.1) is 0 Å². The molecule has 12 heteroatoms. The SMILES string of the molecule is Cc1ccc(NC(=O)[C@H]2CC(=O)Nc3nc(Nc4ccc(F)cc4)[nH]c(=O)c32)cc1[N+](=O)[O-]. The highest BCUT2D eigenvalue weighted by Gasteiger charge is 2.35. The maximum Gasteiger partial charge on any atom is 0.274 e. The predicted molar refractivity (Wildman–Crippen MR) is 117 cm³/mol. The van der Waals surface area contributed by atoms with Crippen LogP contribution in [-0.4, -0.2) is 26.7 Å². The third-order valence-electron chi connectivity index (χ3n) is 5.05. The molecule has 1 aliphatic heterocycles. The van der Waals surface area contributed by atoms with Gasteiger partial charge < -0.3 is 16.0 Å². The van der Waals surface area contributed by atoms with Gasteiger partial charge in [0.2, 0.25) is 17.8 Å². The molecule has 4 rings (SSSR count). The average molecular weight is 452 g/mol. The van der Waals surface area contributed by atoms with Gasteiger partial charge in [0.15, 0.2) is 0 Å². The van der Waals surface area contributed by atoms with Crippen LogP contribution in [0, 0.1) is 22.9 Å². The van der Waals surface area contributed by atoms with Crippen molar-refractivity contribution in [2.24, 2.45) is 0 Å². The van der Waals surface area contributed by atoms with Gasteiger partial charge in [0.25, 0.3) is 11.2 Å². The van der Waals surface area contributed by atoms with Crippen LogP contribution in [0.15, 0.2) is 47.3 Å². The second-order valence-corrected chi connectivity index (χ2v) is 7.36. The maximum atomic E-state index is 13.1. The number of aromatic amines is 1. The van der Waals surface area contributed by atoms with Crippen molar-refractivity contribution in [2.45, 2.75) is 19.3 Å². The lowest BCUT2D eigenvalue weighted by Gasteiger charge is -2.23. The first-order chi connectivity index (χ1) is 15.7. The highest BCUT2D eigenvalue weighted by Crippen LogP contribution is 2.31. The molecule has 11 nitrogen and oxygen atoms in total. The lowest BCUT2D eigenvalue weighted by Crippen LogP contribution is -2.36. The van der Waals surface area contributed by atoms with Gasteiger partial charge in [-0.2, -0.15) is 4.98 Å². The number of nitrogens with zero attached hydrogens (tertiary/aromatic N) is 2. The highest BCUT2D eigenvalue weighted by atomic mass is 19.1. The number of rotatable bonds is 5. The fourth-order valence-corrected chi connectivity index (χ4v) is 3.44. The topological polar surface area (TPSA) is 159 Å². The smallest absolute Gasteiger partial charge is 0.274 e. The Bertz CT molecular complexity index is 1340. The summed E-state index contributed by atoms with van der Waals surface area (Å²) in [6, 6.07) is 9.48. The number of benzene rings is 2. The molecule has 168 valence electrons. The quantitative estimate of drug-likeness (QED) is 0.342. The van der Waals surface area contributed by atoms with Crippen LogP contribution in [0.25, 0.3) is 0 Å². The zero-order valence-corrected chi connectivity index (χ0v) is 17.1. The van der Waals surface area contributed by atoms with E-state index in [4.69, 9.17) is 0 Å². The van der Waals surface area contributed by atoms with Crippen molar-refractivity contribution < 1.29 is 18.9 Å². The summed E-state index contributed by atoms with van der Waals surface area (Å²) < 4.78 is 13.1. The number of hydrogen-bond acceptors (Lipinski definition) is 7. The third-order valence-corrected chi connectivity index (χ3v) is 5.05. The minimum Gasteiger partial charge on any atom is -0.326 e. The lowest BCUT2D eigenvalue weighted by molar-refractivity contribution is -0.385. The van der Waals surface area contributed by atoms with E-state index in [1.165, 1.54) is 42.5 Å². The number of anilines is 4. The van der Waals surface area contributed by atoms with Crippen LogP contribution < -0.4 is 21.5 Å². The summed E-state index contributed by atoms with van der Waals surface area (Å²) in [4.78, 5) is 55.1. The molecule has 2 aromatic carbocycles. The molecule has 0 radical (unpaired) electrons. The van der Waals surface area contributed by atoms with E-state index in [-0.39, 0.29) is 35.1 Å². The molecule has 2 amide bonds. The average Bonchev–Trinajstić information content (AvgIpc) is 2.75. The van der Waals surface area contributed by atoms with E-state index in [1.54, 1.807) is 6.92 Å². The minimum absolute atomic E-state index is 0.0131. The van der Waals surface area contributed by atoms with Crippen molar-refractivity contribution in [3.63, 3.8) is 0 Å². The molecule has 0 saturated carbocycles. The van der Waals surface area contributed by atoms with Crippen molar-refractivity contribution in [1.29, 1.82) is 0 Å². The number of halogens is 1. The first-order valence-corrected chi connectivity index (χ1v) is 9.74. The number of nitro groups is 1. The Kier molecular flexibility index (Phi) is 5.56. The number of hydrogen-bond donors (Lipinski definition) is 4. The summed E-state index contributed by atoms with van der Waals surface area (Å²) >= 11 is 0. The fourth-order valence-electron chi connectivity index (χ4n) is 3.44. The van der Waals surface area contributed by atoms with E-state index < -0.39 is 34.0 Å². The molecule has 1 aliphatic rings. The van der Waals surface area contributed by atoms with Crippen molar-refractivity contribution in [2.75, 3.05) is 16.0 Å². The van der Waals surface area contributed by atoms with E-state index >= 15 is 0 Å². The molecule has 1 aromatic heterocycles. The van der Waals surface area contributed by atoms with Crippen LogP contribution in [0.4, 0.5) is 33.2 Å². The number of carbonyl (C=O) groups excluding carboxylic acids is 2. The molecule has 0 saturated heterocycles. The van der Waals surface area contributed by atoms with Crippen LogP contribution in [-0.2, 0) is 9.59 Å². The molecular formula is C21H17FN6O5. The van der Waals surface area contributed by atoms with Gasteiger partial charge >= 0.3 is 0 Å². The molecule has 2 heterocycles. The normalized spacial score (nSPS) is 14.7. The second kappa shape index (κ2) is 8.49. The standard InChI is InChI=1S/C21H17FN6O5/c1-10-2-5-13(8-15(10)28(32)33)23-19(30)14-9-16(29)25-18-17(14)20(31)27-21(26-18)24-12-6-3-11(22)4-7-12/h2-8,14H,9H2,1H3,(H,23,30)(H3,24,25,26,27,29,31)/t14-/m0/s1.